The third kappa shape index (κ3) is 3.04. The van der Waals surface area contributed by atoms with Crippen LogP contribution < -0.4 is 10.6 Å². The summed E-state index contributed by atoms with van der Waals surface area (Å²) >= 11 is 0. The Bertz CT molecular complexity index is 263. The van der Waals surface area contributed by atoms with Crippen molar-refractivity contribution < 1.29 is 14.4 Å². The van der Waals surface area contributed by atoms with Gasteiger partial charge in [0.15, 0.2) is 0 Å². The molecule has 0 saturated carbocycles. The fraction of sp³-hybridized carbons (Fsp3) is 0.625. The normalized spacial score (nSPS) is 19.8. The van der Waals surface area contributed by atoms with Crippen molar-refractivity contribution in [3.63, 3.8) is 0 Å². The van der Waals surface area contributed by atoms with Gasteiger partial charge in [0.05, 0.1) is 0 Å². The minimum atomic E-state index is -0.672. The Balaban J connectivity index is 2.54. The second-order valence-corrected chi connectivity index (χ2v) is 2.88. The highest BCUT2D eigenvalue weighted by Crippen LogP contribution is 2.02. The lowest BCUT2D eigenvalue weighted by Crippen LogP contribution is -2.29. The molecule has 0 aliphatic carbocycles. The quantitative estimate of drug-likeness (QED) is 0.460. The average molecular weight is 199 g/mol. The van der Waals surface area contributed by atoms with Crippen LogP contribution in [-0.2, 0) is 9.63 Å². The SMILES string of the molecule is CNC(=O)ON=C1CCCCNC1=O. The van der Waals surface area contributed by atoms with Crippen molar-refractivity contribution in [1.29, 1.82) is 0 Å². The molecule has 14 heavy (non-hydrogen) atoms. The lowest BCUT2D eigenvalue weighted by Gasteiger charge is -2.00. The van der Waals surface area contributed by atoms with Crippen molar-refractivity contribution in [2.24, 2.45) is 5.16 Å². The molecule has 1 aliphatic rings. The van der Waals surface area contributed by atoms with Crippen LogP contribution in [0.25, 0.3) is 0 Å². The first-order valence-corrected chi connectivity index (χ1v) is 4.48. The van der Waals surface area contributed by atoms with E-state index in [0.717, 1.165) is 12.8 Å². The molecule has 6 nitrogen and oxygen atoms in total. The van der Waals surface area contributed by atoms with Crippen LogP contribution in [0, 0.1) is 0 Å². The van der Waals surface area contributed by atoms with Gasteiger partial charge in [-0.15, -0.1) is 0 Å². The first kappa shape index (κ1) is 10.5. The van der Waals surface area contributed by atoms with Crippen LogP contribution in [0.3, 0.4) is 0 Å². The Morgan fingerprint density at radius 1 is 1.57 bits per heavy atom. The molecule has 2 N–H and O–H groups in total. The number of amides is 2. The van der Waals surface area contributed by atoms with Crippen molar-refractivity contribution in [1.82, 2.24) is 10.6 Å². The predicted molar refractivity (Wildman–Crippen MR) is 49.8 cm³/mol. The Morgan fingerprint density at radius 2 is 2.36 bits per heavy atom. The molecule has 0 aromatic carbocycles. The lowest BCUT2D eigenvalue weighted by molar-refractivity contribution is -0.114. The molecule has 1 rings (SSSR count). The second kappa shape index (κ2) is 5.21. The predicted octanol–water partition coefficient (Wildman–Crippen LogP) is -0.00150. The highest BCUT2D eigenvalue weighted by Gasteiger charge is 2.15. The fourth-order valence-electron chi connectivity index (χ4n) is 1.06. The van der Waals surface area contributed by atoms with E-state index in [-0.39, 0.29) is 11.6 Å². The Hall–Kier alpha value is -1.59. The van der Waals surface area contributed by atoms with Crippen LogP contribution in [0.1, 0.15) is 19.3 Å². The van der Waals surface area contributed by atoms with Gasteiger partial charge < -0.3 is 10.6 Å². The molecule has 1 heterocycles. The molecule has 6 heteroatoms. The topological polar surface area (TPSA) is 79.8 Å². The zero-order valence-corrected chi connectivity index (χ0v) is 8.00. The third-order valence-corrected chi connectivity index (χ3v) is 1.83. The minimum Gasteiger partial charge on any atom is -0.351 e. The Kier molecular flexibility index (Phi) is 3.90. The zero-order chi connectivity index (χ0) is 10.4. The summed E-state index contributed by atoms with van der Waals surface area (Å²) in [5.41, 5.74) is 0.270. The van der Waals surface area contributed by atoms with Gasteiger partial charge in [0.1, 0.15) is 5.71 Å². The van der Waals surface area contributed by atoms with Crippen molar-refractivity contribution >= 4 is 17.7 Å². The maximum atomic E-state index is 11.3. The molecule has 0 bridgehead atoms. The van der Waals surface area contributed by atoms with Gasteiger partial charge in [0.2, 0.25) is 0 Å². The van der Waals surface area contributed by atoms with Gasteiger partial charge in [-0.2, -0.15) is 0 Å². The van der Waals surface area contributed by atoms with Crippen molar-refractivity contribution in [2.75, 3.05) is 13.6 Å². The summed E-state index contributed by atoms with van der Waals surface area (Å²) < 4.78 is 0. The molecule has 1 aliphatic heterocycles. The first-order valence-electron chi connectivity index (χ1n) is 4.48. The monoisotopic (exact) mass is 199 g/mol. The molecule has 2 amide bonds. The summed E-state index contributed by atoms with van der Waals surface area (Å²) in [6, 6.07) is 0. The number of carbonyl (C=O) groups excluding carboxylic acids is 2. The van der Waals surface area contributed by atoms with Gasteiger partial charge in [-0.1, -0.05) is 5.16 Å². The zero-order valence-electron chi connectivity index (χ0n) is 8.00. The summed E-state index contributed by atoms with van der Waals surface area (Å²) in [5, 5.41) is 8.38. The average Bonchev–Trinajstić information content (AvgIpc) is 2.39. The van der Waals surface area contributed by atoms with Crippen molar-refractivity contribution in [3.8, 4) is 0 Å². The maximum Gasteiger partial charge on any atom is 0.433 e. The van der Waals surface area contributed by atoms with Crippen LogP contribution in [0.15, 0.2) is 5.16 Å². The highest BCUT2D eigenvalue weighted by molar-refractivity contribution is 6.38. The minimum absolute atomic E-state index is 0.258. The summed E-state index contributed by atoms with van der Waals surface area (Å²) in [6.45, 7) is 0.651. The number of rotatable bonds is 1. The Morgan fingerprint density at radius 3 is 3.07 bits per heavy atom. The van der Waals surface area contributed by atoms with Gasteiger partial charge in [0.25, 0.3) is 5.91 Å². The standard InChI is InChI=1S/C8H13N3O3/c1-9-8(13)14-11-6-4-2-3-5-10-7(6)12/h2-5H2,1H3,(H,9,13)(H,10,12). The van der Waals surface area contributed by atoms with E-state index in [0.29, 0.717) is 13.0 Å². The molecule has 1 saturated heterocycles. The summed E-state index contributed by atoms with van der Waals surface area (Å²) in [4.78, 5) is 26.4. The molecule has 0 unspecified atom stereocenters. The van der Waals surface area contributed by atoms with Gasteiger partial charge in [-0.05, 0) is 19.3 Å². The molecular weight excluding hydrogens is 186 g/mol. The number of nitrogens with zero attached hydrogens (tertiary/aromatic N) is 1. The van der Waals surface area contributed by atoms with Crippen LogP contribution in [0.4, 0.5) is 4.79 Å². The first-order chi connectivity index (χ1) is 6.74. The van der Waals surface area contributed by atoms with E-state index in [1.807, 2.05) is 0 Å². The molecule has 0 aromatic heterocycles. The van der Waals surface area contributed by atoms with E-state index < -0.39 is 6.09 Å². The van der Waals surface area contributed by atoms with E-state index in [4.69, 9.17) is 0 Å². The number of hydrogen-bond donors (Lipinski definition) is 2. The summed E-state index contributed by atoms with van der Waals surface area (Å²) in [6.07, 6.45) is 1.66. The summed E-state index contributed by atoms with van der Waals surface area (Å²) in [7, 11) is 1.43. The maximum absolute atomic E-state index is 11.3. The molecule has 1 fully saturated rings. The third-order valence-electron chi connectivity index (χ3n) is 1.83. The van der Waals surface area contributed by atoms with E-state index in [1.165, 1.54) is 7.05 Å². The van der Waals surface area contributed by atoms with Crippen LogP contribution in [0.5, 0.6) is 0 Å². The van der Waals surface area contributed by atoms with Gasteiger partial charge in [-0.25, -0.2) is 4.79 Å². The summed E-state index contributed by atoms with van der Waals surface area (Å²) in [5.74, 6) is -0.258. The van der Waals surface area contributed by atoms with Crippen molar-refractivity contribution in [3.05, 3.63) is 0 Å². The van der Waals surface area contributed by atoms with Crippen LogP contribution >= 0.6 is 0 Å². The number of oxime groups is 1. The lowest BCUT2D eigenvalue weighted by atomic mass is 10.2. The fourth-order valence-corrected chi connectivity index (χ4v) is 1.06. The van der Waals surface area contributed by atoms with E-state index in [1.54, 1.807) is 0 Å². The van der Waals surface area contributed by atoms with E-state index >= 15 is 0 Å². The van der Waals surface area contributed by atoms with Crippen LogP contribution in [-0.4, -0.2) is 31.3 Å². The van der Waals surface area contributed by atoms with Gasteiger partial charge >= 0.3 is 6.09 Å². The Labute approximate surface area is 81.7 Å². The smallest absolute Gasteiger partial charge is 0.351 e. The van der Waals surface area contributed by atoms with E-state index in [2.05, 4.69) is 20.6 Å². The molecular formula is C8H13N3O3. The van der Waals surface area contributed by atoms with Crippen molar-refractivity contribution in [2.45, 2.75) is 19.3 Å². The molecule has 0 radical (unpaired) electrons. The van der Waals surface area contributed by atoms with Gasteiger partial charge in [-0.3, -0.25) is 9.63 Å². The van der Waals surface area contributed by atoms with Gasteiger partial charge in [0, 0.05) is 13.6 Å². The molecule has 0 aromatic rings. The largest absolute Gasteiger partial charge is 0.433 e. The van der Waals surface area contributed by atoms with Crippen LogP contribution in [0.2, 0.25) is 0 Å². The number of hydrogen-bond acceptors (Lipinski definition) is 4. The molecule has 0 atom stereocenters. The van der Waals surface area contributed by atoms with E-state index in [9.17, 15) is 9.59 Å². The number of nitrogens with one attached hydrogen (secondary N) is 2. The highest BCUT2D eigenvalue weighted by atomic mass is 16.7. The molecule has 0 spiro atoms. The second-order valence-electron chi connectivity index (χ2n) is 2.88. The molecule has 78 valence electrons. The number of carbonyl (C=O) groups is 2.